The summed E-state index contributed by atoms with van der Waals surface area (Å²) in [6.45, 7) is 0.798. The Morgan fingerprint density at radius 3 is 2.72 bits per heavy atom. The van der Waals surface area contributed by atoms with Crippen molar-refractivity contribution < 1.29 is 24.0 Å². The van der Waals surface area contributed by atoms with Gasteiger partial charge in [-0.1, -0.05) is 35.5 Å². The molecular weight excluding hydrogens is 374 g/mol. The molecule has 3 N–H and O–H groups in total. The van der Waals surface area contributed by atoms with Gasteiger partial charge in [0.1, 0.15) is 11.5 Å². The Balaban J connectivity index is 1.47. The van der Waals surface area contributed by atoms with Crippen LogP contribution in [0.3, 0.4) is 0 Å². The minimum Gasteiger partial charge on any atom is -0.493 e. The second-order valence-corrected chi connectivity index (χ2v) is 7.16. The van der Waals surface area contributed by atoms with Crippen LogP contribution in [-0.4, -0.2) is 46.4 Å². The number of likely N-dealkylation sites (tertiary alicyclic amines) is 1. The van der Waals surface area contributed by atoms with Gasteiger partial charge in [-0.25, -0.2) is 4.79 Å². The molecule has 0 spiro atoms. The predicted molar refractivity (Wildman–Crippen MR) is 105 cm³/mol. The number of fused-ring (bicyclic) bond motifs is 1. The average molecular weight is 395 g/mol. The van der Waals surface area contributed by atoms with E-state index in [1.54, 1.807) is 0 Å². The molecule has 2 atom stereocenters. The van der Waals surface area contributed by atoms with E-state index in [1.165, 1.54) is 11.0 Å². The Bertz CT molecular complexity index is 1050. The van der Waals surface area contributed by atoms with Crippen molar-refractivity contribution in [3.8, 4) is 5.75 Å². The third-order valence-electron chi connectivity index (χ3n) is 5.34. The van der Waals surface area contributed by atoms with Crippen molar-refractivity contribution in [2.24, 2.45) is 11.7 Å². The molecule has 8 nitrogen and oxygen atoms in total. The molecule has 2 heterocycles. The first-order valence-corrected chi connectivity index (χ1v) is 9.38. The van der Waals surface area contributed by atoms with Crippen LogP contribution in [0.15, 0.2) is 53.1 Å². The monoisotopic (exact) mass is 395 g/mol. The minimum absolute atomic E-state index is 0.0142. The van der Waals surface area contributed by atoms with E-state index in [1.807, 2.05) is 42.5 Å². The number of rotatable bonds is 6. The van der Waals surface area contributed by atoms with Crippen molar-refractivity contribution in [2.45, 2.75) is 18.9 Å². The summed E-state index contributed by atoms with van der Waals surface area (Å²) in [6.07, 6.45) is -0.00230. The molecule has 0 bridgehead atoms. The van der Waals surface area contributed by atoms with Gasteiger partial charge in [-0.3, -0.25) is 4.79 Å². The fraction of sp³-hybridized carbons (Fsp3) is 0.286. The molecular formula is C21H21N3O5. The standard InChI is InChI=1S/C21H21N3O5/c22-20(25)18-10-17(29-23-18)11-19-15(7-8-24(19)21(26)27)12-28-16-6-5-13-3-1-2-4-14(13)9-16/h1-6,9-10,15,19H,7-8,11-12H2,(H2,22,25)(H,26,27)/t15?,19-/m0/s1. The largest absolute Gasteiger partial charge is 0.493 e. The van der Waals surface area contributed by atoms with Crippen LogP contribution >= 0.6 is 0 Å². The predicted octanol–water partition coefficient (Wildman–Crippen LogP) is 2.92. The lowest BCUT2D eigenvalue weighted by Gasteiger charge is -2.25. The van der Waals surface area contributed by atoms with Gasteiger partial charge in [0.05, 0.1) is 6.61 Å². The number of nitrogens with zero attached hydrogens (tertiary/aromatic N) is 2. The van der Waals surface area contributed by atoms with E-state index in [2.05, 4.69) is 5.16 Å². The molecule has 0 radical (unpaired) electrons. The Morgan fingerprint density at radius 2 is 2.00 bits per heavy atom. The van der Waals surface area contributed by atoms with Gasteiger partial charge in [0.2, 0.25) is 0 Å². The van der Waals surface area contributed by atoms with Gasteiger partial charge in [0.25, 0.3) is 5.91 Å². The number of nitrogens with two attached hydrogens (primary N) is 1. The maximum atomic E-state index is 11.6. The van der Waals surface area contributed by atoms with Crippen LogP contribution in [-0.2, 0) is 6.42 Å². The summed E-state index contributed by atoms with van der Waals surface area (Å²) in [5.74, 6) is 0.469. The summed E-state index contributed by atoms with van der Waals surface area (Å²) in [6, 6.07) is 15.0. The van der Waals surface area contributed by atoms with Crippen LogP contribution < -0.4 is 10.5 Å². The van der Waals surface area contributed by atoms with Gasteiger partial charge in [0.15, 0.2) is 5.69 Å². The van der Waals surface area contributed by atoms with E-state index in [0.717, 1.165) is 16.5 Å². The van der Waals surface area contributed by atoms with Crippen molar-refractivity contribution in [3.63, 3.8) is 0 Å². The summed E-state index contributed by atoms with van der Waals surface area (Å²) >= 11 is 0. The number of primary amides is 1. The molecule has 150 valence electrons. The summed E-state index contributed by atoms with van der Waals surface area (Å²) in [7, 11) is 0. The number of aromatic nitrogens is 1. The second kappa shape index (κ2) is 7.83. The number of hydrogen-bond donors (Lipinski definition) is 2. The molecule has 1 fully saturated rings. The highest BCUT2D eigenvalue weighted by molar-refractivity contribution is 5.90. The zero-order chi connectivity index (χ0) is 20.4. The smallest absolute Gasteiger partial charge is 0.407 e. The van der Waals surface area contributed by atoms with Crippen molar-refractivity contribution in [1.82, 2.24) is 10.1 Å². The Hall–Kier alpha value is -3.55. The van der Waals surface area contributed by atoms with Gasteiger partial charge >= 0.3 is 6.09 Å². The molecule has 1 saturated heterocycles. The number of carboxylic acid groups (broad SMARTS) is 1. The van der Waals surface area contributed by atoms with E-state index in [-0.39, 0.29) is 17.7 Å². The maximum absolute atomic E-state index is 11.6. The molecule has 1 aliphatic rings. The molecule has 2 aromatic carbocycles. The molecule has 0 saturated carbocycles. The Kier molecular flexibility index (Phi) is 5.07. The SMILES string of the molecule is NC(=O)c1cc(C[C@H]2C(COc3ccc4ccccc4c3)CCN2C(=O)O)on1. The van der Waals surface area contributed by atoms with Gasteiger partial charge in [0, 0.05) is 31.0 Å². The summed E-state index contributed by atoms with van der Waals surface area (Å²) < 4.78 is 11.2. The molecule has 0 aliphatic carbocycles. The van der Waals surface area contributed by atoms with Gasteiger partial charge in [-0.15, -0.1) is 0 Å². The number of benzene rings is 2. The van der Waals surface area contributed by atoms with Crippen LogP contribution in [0, 0.1) is 5.92 Å². The van der Waals surface area contributed by atoms with Crippen LogP contribution in [0.25, 0.3) is 10.8 Å². The average Bonchev–Trinajstić information content (AvgIpc) is 3.34. The van der Waals surface area contributed by atoms with Crippen LogP contribution in [0.5, 0.6) is 5.75 Å². The zero-order valence-corrected chi connectivity index (χ0v) is 15.7. The first-order chi connectivity index (χ1) is 14.0. The number of ether oxygens (including phenoxy) is 1. The highest BCUT2D eigenvalue weighted by atomic mass is 16.5. The zero-order valence-electron chi connectivity index (χ0n) is 15.7. The second-order valence-electron chi connectivity index (χ2n) is 7.16. The maximum Gasteiger partial charge on any atom is 0.407 e. The van der Waals surface area contributed by atoms with Crippen LogP contribution in [0.4, 0.5) is 4.79 Å². The van der Waals surface area contributed by atoms with E-state index in [0.29, 0.717) is 31.8 Å². The molecule has 1 aliphatic heterocycles. The highest BCUT2D eigenvalue weighted by Gasteiger charge is 2.38. The first-order valence-electron chi connectivity index (χ1n) is 9.38. The third-order valence-corrected chi connectivity index (χ3v) is 5.34. The Labute approximate surface area is 166 Å². The summed E-state index contributed by atoms with van der Waals surface area (Å²) in [5, 5.41) is 15.4. The number of hydrogen-bond acceptors (Lipinski definition) is 5. The van der Waals surface area contributed by atoms with Gasteiger partial charge in [-0.05, 0) is 29.3 Å². The van der Waals surface area contributed by atoms with Crippen molar-refractivity contribution in [1.29, 1.82) is 0 Å². The lowest BCUT2D eigenvalue weighted by atomic mass is 9.97. The van der Waals surface area contributed by atoms with Gasteiger partial charge in [-0.2, -0.15) is 0 Å². The number of carbonyl (C=O) groups excluding carboxylic acids is 1. The van der Waals surface area contributed by atoms with E-state index >= 15 is 0 Å². The van der Waals surface area contributed by atoms with Crippen molar-refractivity contribution in [3.05, 3.63) is 60.0 Å². The lowest BCUT2D eigenvalue weighted by molar-refractivity contribution is 0.0991. The van der Waals surface area contributed by atoms with Crippen LogP contribution in [0.1, 0.15) is 22.7 Å². The highest BCUT2D eigenvalue weighted by Crippen LogP contribution is 2.29. The van der Waals surface area contributed by atoms with Crippen molar-refractivity contribution >= 4 is 22.8 Å². The van der Waals surface area contributed by atoms with Gasteiger partial charge < -0.3 is 25.0 Å². The van der Waals surface area contributed by atoms with E-state index < -0.39 is 12.0 Å². The molecule has 8 heteroatoms. The van der Waals surface area contributed by atoms with E-state index in [9.17, 15) is 14.7 Å². The molecule has 1 aromatic heterocycles. The topological polar surface area (TPSA) is 119 Å². The third kappa shape index (κ3) is 4.01. The summed E-state index contributed by atoms with van der Waals surface area (Å²) in [5.41, 5.74) is 5.24. The Morgan fingerprint density at radius 1 is 1.21 bits per heavy atom. The fourth-order valence-corrected chi connectivity index (χ4v) is 3.82. The first kappa shape index (κ1) is 18.8. The minimum atomic E-state index is -0.988. The molecule has 29 heavy (non-hydrogen) atoms. The van der Waals surface area contributed by atoms with Crippen LogP contribution in [0.2, 0.25) is 0 Å². The quantitative estimate of drug-likeness (QED) is 0.662. The molecule has 2 amide bonds. The summed E-state index contributed by atoms with van der Waals surface area (Å²) in [4.78, 5) is 24.3. The number of carbonyl (C=O) groups is 2. The fourth-order valence-electron chi connectivity index (χ4n) is 3.82. The number of amides is 2. The molecule has 1 unspecified atom stereocenters. The lowest BCUT2D eigenvalue weighted by Crippen LogP contribution is -2.39. The molecule has 3 aromatic rings. The van der Waals surface area contributed by atoms with Crippen molar-refractivity contribution in [2.75, 3.05) is 13.2 Å². The normalized spacial score (nSPS) is 18.8. The van der Waals surface area contributed by atoms with E-state index in [4.69, 9.17) is 15.0 Å². The molecule has 4 rings (SSSR count).